The Morgan fingerprint density at radius 1 is 0.304 bits per heavy atom. The fourth-order valence-electron chi connectivity index (χ4n) is 6.49. The maximum atomic E-state index is 5.24. The first-order chi connectivity index (χ1) is 22.8. The largest absolute Gasteiger partial charge is 0.228 e. The number of nitrogens with zero attached hydrogens (tertiary/aromatic N) is 4. The van der Waals surface area contributed by atoms with E-state index in [0.717, 1.165) is 77.0 Å². The number of fused-ring (bicyclic) bond motifs is 4. The molecule has 0 aliphatic heterocycles. The number of aromatic nitrogens is 4. The molecule has 0 aliphatic carbocycles. The Morgan fingerprint density at radius 3 is 1.20 bits per heavy atom. The maximum absolute atomic E-state index is 5.24. The van der Waals surface area contributed by atoms with Crippen molar-refractivity contribution in [1.29, 1.82) is 0 Å². The van der Waals surface area contributed by atoms with Crippen LogP contribution < -0.4 is 0 Å². The molecular weight excluding hydrogens is 560 g/mol. The third-order valence-corrected chi connectivity index (χ3v) is 8.68. The van der Waals surface area contributed by atoms with Crippen LogP contribution in [0.25, 0.3) is 88.6 Å². The molecule has 0 aliphatic rings. The maximum Gasteiger partial charge on any atom is 0.161 e. The molecule has 0 fully saturated rings. The van der Waals surface area contributed by atoms with E-state index in [4.69, 9.17) is 19.9 Å². The van der Waals surface area contributed by atoms with Crippen molar-refractivity contribution in [1.82, 2.24) is 19.9 Å². The van der Waals surface area contributed by atoms with E-state index in [2.05, 4.69) is 133 Å². The van der Waals surface area contributed by atoms with Crippen LogP contribution in [-0.2, 0) is 0 Å². The molecule has 0 saturated heterocycles. The van der Waals surface area contributed by atoms with E-state index < -0.39 is 0 Å². The van der Waals surface area contributed by atoms with Gasteiger partial charge in [0.1, 0.15) is 0 Å². The van der Waals surface area contributed by atoms with Crippen molar-refractivity contribution >= 4 is 43.4 Å². The van der Waals surface area contributed by atoms with Crippen molar-refractivity contribution in [2.45, 2.75) is 0 Å². The van der Waals surface area contributed by atoms with Gasteiger partial charge in [0.05, 0.1) is 22.4 Å². The van der Waals surface area contributed by atoms with Crippen molar-refractivity contribution in [3.63, 3.8) is 0 Å². The third-order valence-electron chi connectivity index (χ3n) is 8.68. The summed E-state index contributed by atoms with van der Waals surface area (Å²) in [6, 6.07) is 54.4. The van der Waals surface area contributed by atoms with Gasteiger partial charge in [-0.25, -0.2) is 19.9 Å². The van der Waals surface area contributed by atoms with E-state index in [1.807, 2.05) is 24.3 Å². The molecular formula is C42H26N4. The molecule has 0 bridgehead atoms. The monoisotopic (exact) mass is 586 g/mol. The number of hydrogen-bond acceptors (Lipinski definition) is 4. The van der Waals surface area contributed by atoms with Gasteiger partial charge in [0.15, 0.2) is 11.6 Å². The lowest BCUT2D eigenvalue weighted by atomic mass is 9.99. The van der Waals surface area contributed by atoms with Crippen molar-refractivity contribution < 1.29 is 0 Å². The Hall–Kier alpha value is -6.26. The SMILES string of the molecule is c1cc(-c2nc(-c3cccc4ccccc34)nc3ccccc23)cc(-c2nc(-c3cccc4ccccc34)nc3ccccc23)c1. The van der Waals surface area contributed by atoms with Crippen molar-refractivity contribution in [3.8, 4) is 45.3 Å². The predicted octanol–water partition coefficient (Wildman–Crippen LogP) is 10.5. The quantitative estimate of drug-likeness (QED) is 0.206. The second kappa shape index (κ2) is 10.7. The number of benzene rings is 7. The molecule has 2 heterocycles. The van der Waals surface area contributed by atoms with Gasteiger partial charge in [0.25, 0.3) is 0 Å². The van der Waals surface area contributed by atoms with Crippen LogP contribution in [0.5, 0.6) is 0 Å². The van der Waals surface area contributed by atoms with Crippen LogP contribution in [0.15, 0.2) is 158 Å². The molecule has 46 heavy (non-hydrogen) atoms. The molecule has 0 atom stereocenters. The molecule has 0 spiro atoms. The Labute approximate surface area is 265 Å². The topological polar surface area (TPSA) is 51.6 Å². The molecule has 2 aromatic heterocycles. The molecule has 0 unspecified atom stereocenters. The summed E-state index contributed by atoms with van der Waals surface area (Å²) in [4.78, 5) is 20.6. The van der Waals surface area contributed by atoms with Crippen LogP contribution in [-0.4, -0.2) is 19.9 Å². The molecule has 7 aromatic carbocycles. The molecule has 0 saturated carbocycles. The molecule has 0 N–H and O–H groups in total. The van der Waals surface area contributed by atoms with Gasteiger partial charge in [0, 0.05) is 33.0 Å². The summed E-state index contributed by atoms with van der Waals surface area (Å²) in [6.07, 6.45) is 0. The average molecular weight is 587 g/mol. The minimum Gasteiger partial charge on any atom is -0.228 e. The minimum absolute atomic E-state index is 0.710. The van der Waals surface area contributed by atoms with Gasteiger partial charge in [-0.3, -0.25) is 0 Å². The summed E-state index contributed by atoms with van der Waals surface area (Å²) in [6.45, 7) is 0. The molecule has 214 valence electrons. The van der Waals surface area contributed by atoms with Crippen LogP contribution >= 0.6 is 0 Å². The summed E-state index contributed by atoms with van der Waals surface area (Å²) >= 11 is 0. The highest BCUT2D eigenvalue weighted by atomic mass is 14.9. The Balaban J connectivity index is 1.25. The van der Waals surface area contributed by atoms with E-state index >= 15 is 0 Å². The van der Waals surface area contributed by atoms with Crippen molar-refractivity contribution in [2.24, 2.45) is 0 Å². The average Bonchev–Trinajstić information content (AvgIpc) is 3.13. The summed E-state index contributed by atoms with van der Waals surface area (Å²) in [5, 5.41) is 6.61. The normalized spacial score (nSPS) is 11.5. The lowest BCUT2D eigenvalue weighted by Gasteiger charge is -2.13. The number of para-hydroxylation sites is 2. The van der Waals surface area contributed by atoms with Crippen LogP contribution in [0.4, 0.5) is 0 Å². The zero-order valence-corrected chi connectivity index (χ0v) is 24.8. The summed E-state index contributed by atoms with van der Waals surface area (Å²) < 4.78 is 0. The van der Waals surface area contributed by atoms with E-state index in [1.165, 1.54) is 0 Å². The molecule has 4 nitrogen and oxygen atoms in total. The summed E-state index contributed by atoms with van der Waals surface area (Å²) in [7, 11) is 0. The van der Waals surface area contributed by atoms with Gasteiger partial charge < -0.3 is 0 Å². The zero-order chi connectivity index (χ0) is 30.5. The Kier molecular flexibility index (Phi) is 6.10. The van der Waals surface area contributed by atoms with Crippen molar-refractivity contribution in [3.05, 3.63) is 158 Å². The summed E-state index contributed by atoms with van der Waals surface area (Å²) in [5.41, 5.74) is 7.65. The Morgan fingerprint density at radius 2 is 0.696 bits per heavy atom. The van der Waals surface area contributed by atoms with Crippen LogP contribution in [0, 0.1) is 0 Å². The van der Waals surface area contributed by atoms with Crippen LogP contribution in [0.2, 0.25) is 0 Å². The van der Waals surface area contributed by atoms with Crippen LogP contribution in [0.1, 0.15) is 0 Å². The molecule has 4 heteroatoms. The van der Waals surface area contributed by atoms with Gasteiger partial charge in [-0.05, 0) is 39.7 Å². The highest BCUT2D eigenvalue weighted by molar-refractivity contribution is 6.01. The lowest BCUT2D eigenvalue weighted by Crippen LogP contribution is -1.97. The molecule has 9 aromatic rings. The second-order valence-electron chi connectivity index (χ2n) is 11.5. The third kappa shape index (κ3) is 4.39. The van der Waals surface area contributed by atoms with E-state index in [1.54, 1.807) is 0 Å². The van der Waals surface area contributed by atoms with E-state index in [0.29, 0.717) is 11.6 Å². The van der Waals surface area contributed by atoms with Crippen LogP contribution in [0.3, 0.4) is 0 Å². The van der Waals surface area contributed by atoms with Gasteiger partial charge >= 0.3 is 0 Å². The molecule has 0 radical (unpaired) electrons. The minimum atomic E-state index is 0.710. The smallest absolute Gasteiger partial charge is 0.161 e. The first-order valence-corrected chi connectivity index (χ1v) is 15.4. The van der Waals surface area contributed by atoms with Gasteiger partial charge in [-0.15, -0.1) is 0 Å². The second-order valence-corrected chi connectivity index (χ2v) is 11.5. The lowest BCUT2D eigenvalue weighted by molar-refractivity contribution is 1.23. The first kappa shape index (κ1) is 26.2. The van der Waals surface area contributed by atoms with Gasteiger partial charge in [0.2, 0.25) is 0 Å². The predicted molar refractivity (Wildman–Crippen MR) is 189 cm³/mol. The van der Waals surface area contributed by atoms with Gasteiger partial charge in [-0.1, -0.05) is 140 Å². The standard InChI is InChI=1S/C42H26N4/c1-3-18-31-27(12-1)14-10-22-33(31)41-43-37-24-7-5-20-35(37)39(45-41)29-16-9-17-30(26-29)40-36-21-6-8-25-38(36)44-42(46-40)34-23-11-15-28-13-2-4-19-32(28)34/h1-26H. The van der Waals surface area contributed by atoms with E-state index in [-0.39, 0.29) is 0 Å². The number of hydrogen-bond donors (Lipinski definition) is 0. The Bertz CT molecular complexity index is 2420. The summed E-state index contributed by atoms with van der Waals surface area (Å²) in [5.74, 6) is 1.42. The highest BCUT2D eigenvalue weighted by Gasteiger charge is 2.17. The fraction of sp³-hybridized carbons (Fsp3) is 0. The number of rotatable bonds is 4. The fourth-order valence-corrected chi connectivity index (χ4v) is 6.49. The molecule has 0 amide bonds. The van der Waals surface area contributed by atoms with E-state index in [9.17, 15) is 0 Å². The molecule has 9 rings (SSSR count). The first-order valence-electron chi connectivity index (χ1n) is 15.4. The highest BCUT2D eigenvalue weighted by Crippen LogP contribution is 2.36. The zero-order valence-electron chi connectivity index (χ0n) is 24.8. The van der Waals surface area contributed by atoms with Gasteiger partial charge in [-0.2, -0.15) is 0 Å². The van der Waals surface area contributed by atoms with Crippen molar-refractivity contribution in [2.75, 3.05) is 0 Å².